The summed E-state index contributed by atoms with van der Waals surface area (Å²) in [5, 5.41) is 4.06. The predicted molar refractivity (Wildman–Crippen MR) is 188 cm³/mol. The van der Waals surface area contributed by atoms with Gasteiger partial charge in [0.05, 0.1) is 10.6 Å². The van der Waals surface area contributed by atoms with Crippen molar-refractivity contribution in [2.24, 2.45) is 0 Å². The Morgan fingerprint density at radius 2 is 1.47 bits per heavy atom. The van der Waals surface area contributed by atoms with Gasteiger partial charge in [0.2, 0.25) is 11.8 Å². The highest BCUT2D eigenvalue weighted by atomic mass is 35.5. The number of benzene rings is 4. The van der Waals surface area contributed by atoms with E-state index in [1.807, 2.05) is 48.5 Å². The third-order valence-electron chi connectivity index (χ3n) is 8.59. The van der Waals surface area contributed by atoms with E-state index in [1.165, 1.54) is 29.2 Å². The first-order valence-electron chi connectivity index (χ1n) is 15.8. The fraction of sp³-hybridized carbons (Fsp3) is 0.297. The Balaban J connectivity index is 1.58. The minimum Gasteiger partial charge on any atom is -0.352 e. The minimum absolute atomic E-state index is 0.00789. The van der Waals surface area contributed by atoms with Crippen LogP contribution in [-0.4, -0.2) is 43.8 Å². The second-order valence-electron chi connectivity index (χ2n) is 11.9. The molecule has 5 rings (SSSR count). The van der Waals surface area contributed by atoms with Crippen LogP contribution in [0.25, 0.3) is 0 Å². The van der Waals surface area contributed by atoms with Gasteiger partial charge in [-0.15, -0.1) is 0 Å². The van der Waals surface area contributed by atoms with Gasteiger partial charge < -0.3 is 10.2 Å². The maximum atomic E-state index is 14.7. The average Bonchev–Trinajstić information content (AvgIpc) is 3.07. The van der Waals surface area contributed by atoms with Crippen molar-refractivity contribution in [1.29, 1.82) is 0 Å². The molecule has 0 bridgehead atoms. The van der Waals surface area contributed by atoms with Gasteiger partial charge in [-0.05, 0) is 72.9 Å². The Morgan fingerprint density at radius 1 is 0.830 bits per heavy atom. The predicted octanol–water partition coefficient (Wildman–Crippen LogP) is 7.59. The van der Waals surface area contributed by atoms with Gasteiger partial charge in [-0.25, -0.2) is 8.42 Å². The summed E-state index contributed by atoms with van der Waals surface area (Å²) in [6, 6.07) is 28.6. The Labute approximate surface area is 287 Å². The van der Waals surface area contributed by atoms with E-state index < -0.39 is 28.5 Å². The number of rotatable bonds is 12. The molecule has 47 heavy (non-hydrogen) atoms. The molecule has 0 spiro atoms. The van der Waals surface area contributed by atoms with Crippen molar-refractivity contribution in [3.63, 3.8) is 0 Å². The standard InChI is InChI=1S/C37H39Cl2N3O4S/c1-27-12-8-11-19-34(27)42(47(45,46)32-22-20-30(38)21-23-32)26-36(43)41(25-29-15-9-10-18-33(29)39)35(24-28-13-4-2-5-14-28)37(44)40-31-16-6-3-7-17-31/h2,4-5,8-15,18-23,31,35H,3,6-7,16-17,24-26H2,1H3,(H,40,44)/t35-/m1/s1. The van der Waals surface area contributed by atoms with Crippen molar-refractivity contribution in [2.45, 2.75) is 69.0 Å². The maximum Gasteiger partial charge on any atom is 0.264 e. The van der Waals surface area contributed by atoms with E-state index in [4.69, 9.17) is 23.2 Å². The molecule has 7 nitrogen and oxygen atoms in total. The molecule has 1 aliphatic rings. The van der Waals surface area contributed by atoms with Gasteiger partial charge in [-0.2, -0.15) is 0 Å². The molecule has 10 heteroatoms. The van der Waals surface area contributed by atoms with Crippen LogP contribution >= 0.6 is 23.2 Å². The van der Waals surface area contributed by atoms with Crippen molar-refractivity contribution in [1.82, 2.24) is 10.2 Å². The Bertz CT molecular complexity index is 1780. The van der Waals surface area contributed by atoms with Gasteiger partial charge in [0.1, 0.15) is 12.6 Å². The number of sulfonamides is 1. The van der Waals surface area contributed by atoms with Crippen molar-refractivity contribution < 1.29 is 18.0 Å². The molecule has 2 amide bonds. The molecular formula is C37H39Cl2N3O4S. The number of nitrogens with zero attached hydrogens (tertiary/aromatic N) is 2. The van der Waals surface area contributed by atoms with Crippen LogP contribution in [0.3, 0.4) is 0 Å². The number of carbonyl (C=O) groups excluding carboxylic acids is 2. The van der Waals surface area contributed by atoms with E-state index in [9.17, 15) is 18.0 Å². The lowest BCUT2D eigenvalue weighted by Crippen LogP contribution is -2.55. The first-order valence-corrected chi connectivity index (χ1v) is 18.0. The molecule has 0 heterocycles. The lowest BCUT2D eigenvalue weighted by atomic mass is 9.94. The van der Waals surface area contributed by atoms with Crippen LogP contribution in [0.5, 0.6) is 0 Å². The van der Waals surface area contributed by atoms with Crippen LogP contribution < -0.4 is 9.62 Å². The van der Waals surface area contributed by atoms with Gasteiger partial charge in [0.25, 0.3) is 10.0 Å². The summed E-state index contributed by atoms with van der Waals surface area (Å²) in [7, 11) is -4.23. The lowest BCUT2D eigenvalue weighted by Gasteiger charge is -2.35. The first-order chi connectivity index (χ1) is 22.6. The van der Waals surface area contributed by atoms with Crippen LogP contribution in [0.1, 0.15) is 48.8 Å². The SMILES string of the molecule is Cc1ccccc1N(CC(=O)N(Cc1ccccc1Cl)[C@H](Cc1ccccc1)C(=O)NC1CCCCC1)S(=O)(=O)c1ccc(Cl)cc1. The monoisotopic (exact) mass is 691 g/mol. The first kappa shape index (κ1) is 34.5. The smallest absolute Gasteiger partial charge is 0.264 e. The fourth-order valence-corrected chi connectivity index (χ4v) is 7.80. The molecule has 0 saturated heterocycles. The largest absolute Gasteiger partial charge is 0.352 e. The summed E-state index contributed by atoms with van der Waals surface area (Å²) in [5.74, 6) is -0.811. The number of amides is 2. The summed E-state index contributed by atoms with van der Waals surface area (Å²) in [5.41, 5.74) is 2.55. The zero-order valence-electron chi connectivity index (χ0n) is 26.3. The maximum absolute atomic E-state index is 14.7. The molecular weight excluding hydrogens is 653 g/mol. The van der Waals surface area contributed by atoms with Crippen LogP contribution in [0.15, 0.2) is 108 Å². The summed E-state index contributed by atoms with van der Waals surface area (Å²) in [6.07, 6.45) is 5.19. The molecule has 0 aliphatic heterocycles. The Morgan fingerprint density at radius 3 is 2.15 bits per heavy atom. The molecule has 4 aromatic carbocycles. The molecule has 0 unspecified atom stereocenters. The highest BCUT2D eigenvalue weighted by molar-refractivity contribution is 7.92. The molecule has 4 aromatic rings. The van der Waals surface area contributed by atoms with Crippen LogP contribution in [-0.2, 0) is 32.6 Å². The summed E-state index contributed by atoms with van der Waals surface area (Å²) >= 11 is 12.7. The van der Waals surface area contributed by atoms with Crippen molar-refractivity contribution in [3.05, 3.63) is 130 Å². The second-order valence-corrected chi connectivity index (χ2v) is 14.6. The van der Waals surface area contributed by atoms with Gasteiger partial charge in [0, 0.05) is 29.1 Å². The number of aryl methyl sites for hydroxylation is 1. The highest BCUT2D eigenvalue weighted by Gasteiger charge is 2.36. The normalized spacial score (nSPS) is 14.3. The third kappa shape index (κ3) is 8.74. The molecule has 0 radical (unpaired) electrons. The van der Waals surface area contributed by atoms with Crippen molar-refractivity contribution in [3.8, 4) is 0 Å². The van der Waals surface area contributed by atoms with Gasteiger partial charge in [-0.3, -0.25) is 13.9 Å². The van der Waals surface area contributed by atoms with Crippen molar-refractivity contribution in [2.75, 3.05) is 10.8 Å². The van der Waals surface area contributed by atoms with E-state index in [2.05, 4.69) is 5.32 Å². The van der Waals surface area contributed by atoms with E-state index >= 15 is 0 Å². The van der Waals surface area contributed by atoms with Crippen LogP contribution in [0.4, 0.5) is 5.69 Å². The zero-order valence-corrected chi connectivity index (χ0v) is 28.6. The van der Waals surface area contributed by atoms with E-state index in [-0.39, 0.29) is 29.8 Å². The van der Waals surface area contributed by atoms with E-state index in [0.717, 1.165) is 42.0 Å². The molecule has 1 atom stereocenters. The second kappa shape index (κ2) is 15.8. The van der Waals surface area contributed by atoms with Crippen LogP contribution in [0, 0.1) is 6.92 Å². The highest BCUT2D eigenvalue weighted by Crippen LogP contribution is 2.29. The quantitative estimate of drug-likeness (QED) is 0.166. The number of anilines is 1. The molecule has 1 fully saturated rings. The van der Waals surface area contributed by atoms with E-state index in [0.29, 0.717) is 26.9 Å². The minimum atomic E-state index is -4.23. The number of hydrogen-bond donors (Lipinski definition) is 1. The summed E-state index contributed by atoms with van der Waals surface area (Å²) in [4.78, 5) is 30.4. The lowest BCUT2D eigenvalue weighted by molar-refractivity contribution is -0.140. The number of nitrogens with one attached hydrogen (secondary N) is 1. The fourth-order valence-electron chi connectivity index (χ4n) is 6.00. The van der Waals surface area contributed by atoms with Gasteiger partial charge >= 0.3 is 0 Å². The van der Waals surface area contributed by atoms with Gasteiger partial charge in [-0.1, -0.05) is 109 Å². The summed E-state index contributed by atoms with van der Waals surface area (Å²) in [6.45, 7) is 1.26. The topological polar surface area (TPSA) is 86.8 Å². The number of carbonyl (C=O) groups is 2. The molecule has 246 valence electrons. The average molecular weight is 693 g/mol. The van der Waals surface area contributed by atoms with Gasteiger partial charge in [0.15, 0.2) is 0 Å². The Kier molecular flexibility index (Phi) is 11.6. The number of para-hydroxylation sites is 1. The Hall–Kier alpha value is -3.85. The molecule has 1 N–H and O–H groups in total. The zero-order chi connectivity index (χ0) is 33.4. The number of hydrogen-bond acceptors (Lipinski definition) is 4. The van der Waals surface area contributed by atoms with E-state index in [1.54, 1.807) is 37.3 Å². The van der Waals surface area contributed by atoms with Crippen molar-refractivity contribution >= 4 is 50.7 Å². The molecule has 1 saturated carbocycles. The summed E-state index contributed by atoms with van der Waals surface area (Å²) < 4.78 is 29.6. The third-order valence-corrected chi connectivity index (χ3v) is 11.0. The number of halogens is 2. The molecule has 0 aromatic heterocycles. The molecule has 1 aliphatic carbocycles. The van der Waals surface area contributed by atoms with Crippen LogP contribution in [0.2, 0.25) is 10.0 Å².